The van der Waals surface area contributed by atoms with Gasteiger partial charge in [-0.1, -0.05) is 58.9 Å². The second-order valence-electron chi connectivity index (χ2n) is 11.0. The van der Waals surface area contributed by atoms with Gasteiger partial charge >= 0.3 is 0 Å². The molecule has 0 aliphatic carbocycles. The van der Waals surface area contributed by atoms with E-state index in [4.69, 9.17) is 5.10 Å². The van der Waals surface area contributed by atoms with E-state index in [1.165, 1.54) is 27.5 Å². The van der Waals surface area contributed by atoms with Gasteiger partial charge in [0.2, 0.25) is 0 Å². The van der Waals surface area contributed by atoms with Gasteiger partial charge in [-0.15, -0.1) is 0 Å². The fourth-order valence-electron chi connectivity index (χ4n) is 5.98. The molecule has 202 valence electrons. The van der Waals surface area contributed by atoms with Gasteiger partial charge in [-0.25, -0.2) is 0 Å². The lowest BCUT2D eigenvalue weighted by atomic mass is 9.69. The Morgan fingerprint density at radius 1 is 0.895 bits per heavy atom. The van der Waals surface area contributed by atoms with Crippen LogP contribution in [0.5, 0.6) is 0 Å². The molecule has 0 radical (unpaired) electrons. The standard InChI is InChI=1S/C32H44N6/c1-8-28-26-14-12-24(20-30(26)36(6)34-28)16-19-38(10-3)18-11-17-32(22-33,23(4)5)25-13-15-27-29(9-2)35-37(7)31(27)21-25/h12-15,20-21,23H,8-11,16-19H2,1-7H3. The van der Waals surface area contributed by atoms with E-state index in [0.717, 1.165) is 68.5 Å². The maximum absolute atomic E-state index is 10.5. The van der Waals surface area contributed by atoms with Gasteiger partial charge in [0.1, 0.15) is 0 Å². The second-order valence-corrected chi connectivity index (χ2v) is 11.0. The topological polar surface area (TPSA) is 62.7 Å². The highest BCUT2D eigenvalue weighted by molar-refractivity contribution is 5.83. The summed E-state index contributed by atoms with van der Waals surface area (Å²) < 4.78 is 3.97. The predicted molar refractivity (Wildman–Crippen MR) is 157 cm³/mol. The Morgan fingerprint density at radius 2 is 1.50 bits per heavy atom. The molecular formula is C32H44N6. The number of likely N-dealkylation sites (N-methyl/N-ethyl adjacent to an activating group) is 1. The molecule has 1 atom stereocenters. The molecule has 0 N–H and O–H groups in total. The summed E-state index contributed by atoms with van der Waals surface area (Å²) >= 11 is 0. The van der Waals surface area contributed by atoms with Crippen molar-refractivity contribution in [1.29, 1.82) is 5.26 Å². The monoisotopic (exact) mass is 512 g/mol. The number of rotatable bonds is 12. The molecule has 38 heavy (non-hydrogen) atoms. The molecule has 0 spiro atoms. The third-order valence-corrected chi connectivity index (χ3v) is 8.50. The van der Waals surface area contributed by atoms with Crippen molar-refractivity contribution >= 4 is 21.8 Å². The van der Waals surface area contributed by atoms with Crippen molar-refractivity contribution < 1.29 is 0 Å². The molecule has 0 aliphatic heterocycles. The van der Waals surface area contributed by atoms with E-state index in [2.05, 4.69) is 87.1 Å². The van der Waals surface area contributed by atoms with E-state index in [-0.39, 0.29) is 5.92 Å². The minimum Gasteiger partial charge on any atom is -0.303 e. The molecule has 2 aromatic carbocycles. The average Bonchev–Trinajstić information content (AvgIpc) is 3.43. The molecule has 2 heterocycles. The van der Waals surface area contributed by atoms with Crippen molar-refractivity contribution in [2.45, 2.75) is 72.1 Å². The summed E-state index contributed by atoms with van der Waals surface area (Å²) in [5, 5.41) is 22.3. The van der Waals surface area contributed by atoms with Gasteiger partial charge < -0.3 is 4.90 Å². The second kappa shape index (κ2) is 11.7. The molecule has 2 aromatic heterocycles. The Balaban J connectivity index is 1.44. The maximum atomic E-state index is 10.5. The number of fused-ring (bicyclic) bond motifs is 2. The van der Waals surface area contributed by atoms with E-state index in [1.807, 2.05) is 23.5 Å². The average molecular weight is 513 g/mol. The molecular weight excluding hydrogens is 468 g/mol. The first-order chi connectivity index (χ1) is 18.3. The number of aryl methyl sites for hydroxylation is 4. The lowest BCUT2D eigenvalue weighted by Crippen LogP contribution is -2.33. The van der Waals surface area contributed by atoms with Crippen molar-refractivity contribution in [1.82, 2.24) is 24.5 Å². The zero-order valence-corrected chi connectivity index (χ0v) is 24.4. The predicted octanol–water partition coefficient (Wildman–Crippen LogP) is 6.35. The van der Waals surface area contributed by atoms with Crippen LogP contribution in [0.25, 0.3) is 21.8 Å². The van der Waals surface area contributed by atoms with Gasteiger partial charge in [0.05, 0.1) is 33.9 Å². The fourth-order valence-corrected chi connectivity index (χ4v) is 5.98. The summed E-state index contributed by atoms with van der Waals surface area (Å²) in [6, 6.07) is 16.1. The Morgan fingerprint density at radius 3 is 2.05 bits per heavy atom. The number of nitriles is 1. The quantitative estimate of drug-likeness (QED) is 0.222. The van der Waals surface area contributed by atoms with Gasteiger partial charge in [-0.3, -0.25) is 9.36 Å². The third kappa shape index (κ3) is 5.22. The van der Waals surface area contributed by atoms with Crippen LogP contribution in [0.15, 0.2) is 36.4 Å². The molecule has 4 aromatic rings. The molecule has 0 amide bonds. The van der Waals surface area contributed by atoms with Crippen LogP contribution in [0.4, 0.5) is 0 Å². The van der Waals surface area contributed by atoms with E-state index in [9.17, 15) is 5.26 Å². The SMILES string of the molecule is CCc1nn(C)c2cc(CCN(CC)CCCC(C#N)(c3ccc4c(CC)nn(C)c4c3)C(C)C)ccc12. The van der Waals surface area contributed by atoms with Gasteiger partial charge in [-0.05, 0) is 74.4 Å². The number of benzene rings is 2. The number of hydrogen-bond acceptors (Lipinski definition) is 4. The highest BCUT2D eigenvalue weighted by atomic mass is 15.3. The third-order valence-electron chi connectivity index (χ3n) is 8.50. The summed E-state index contributed by atoms with van der Waals surface area (Å²) in [7, 11) is 4.04. The molecule has 0 bridgehead atoms. The van der Waals surface area contributed by atoms with Gasteiger partial charge in [0, 0.05) is 31.4 Å². The first-order valence-corrected chi connectivity index (χ1v) is 14.3. The lowest BCUT2D eigenvalue weighted by Gasteiger charge is -2.32. The minimum absolute atomic E-state index is 0.220. The zero-order valence-electron chi connectivity index (χ0n) is 24.4. The summed E-state index contributed by atoms with van der Waals surface area (Å²) in [5.74, 6) is 0.220. The first-order valence-electron chi connectivity index (χ1n) is 14.3. The van der Waals surface area contributed by atoms with Crippen molar-refractivity contribution in [3.8, 4) is 6.07 Å². The van der Waals surface area contributed by atoms with Gasteiger partial charge in [-0.2, -0.15) is 15.5 Å². The van der Waals surface area contributed by atoms with E-state index in [1.54, 1.807) is 0 Å². The zero-order chi connectivity index (χ0) is 27.4. The van der Waals surface area contributed by atoms with Crippen LogP contribution in [-0.4, -0.2) is 44.1 Å². The number of nitrogens with zero attached hydrogens (tertiary/aromatic N) is 6. The summed E-state index contributed by atoms with van der Waals surface area (Å²) in [6.45, 7) is 13.9. The molecule has 6 nitrogen and oxygen atoms in total. The minimum atomic E-state index is -0.508. The molecule has 0 saturated heterocycles. The highest BCUT2D eigenvalue weighted by Crippen LogP contribution is 2.38. The van der Waals surface area contributed by atoms with Crippen LogP contribution < -0.4 is 0 Å². The van der Waals surface area contributed by atoms with Crippen LogP contribution in [0.1, 0.15) is 70.0 Å². The first kappa shape index (κ1) is 27.9. The van der Waals surface area contributed by atoms with Crippen molar-refractivity contribution in [3.05, 3.63) is 58.9 Å². The molecule has 0 fully saturated rings. The van der Waals surface area contributed by atoms with Crippen molar-refractivity contribution in [2.24, 2.45) is 20.0 Å². The van der Waals surface area contributed by atoms with Gasteiger partial charge in [0.25, 0.3) is 0 Å². The Labute approximate surface area is 228 Å². The molecule has 6 heteroatoms. The van der Waals surface area contributed by atoms with E-state index in [0.29, 0.717) is 0 Å². The van der Waals surface area contributed by atoms with Crippen LogP contribution in [-0.2, 0) is 38.8 Å². The largest absolute Gasteiger partial charge is 0.303 e. The molecule has 1 unspecified atom stereocenters. The smallest absolute Gasteiger partial charge is 0.0846 e. The number of hydrogen-bond donors (Lipinski definition) is 0. The summed E-state index contributed by atoms with van der Waals surface area (Å²) in [5.41, 5.74) is 6.59. The highest BCUT2D eigenvalue weighted by Gasteiger charge is 2.36. The summed E-state index contributed by atoms with van der Waals surface area (Å²) in [6.07, 6.45) is 4.72. The van der Waals surface area contributed by atoms with E-state index < -0.39 is 5.41 Å². The van der Waals surface area contributed by atoms with Crippen LogP contribution in [0, 0.1) is 17.2 Å². The fraction of sp³-hybridized carbons (Fsp3) is 0.531. The van der Waals surface area contributed by atoms with Crippen molar-refractivity contribution in [3.63, 3.8) is 0 Å². The normalized spacial score (nSPS) is 13.6. The summed E-state index contributed by atoms with van der Waals surface area (Å²) in [4.78, 5) is 2.52. The van der Waals surface area contributed by atoms with E-state index >= 15 is 0 Å². The maximum Gasteiger partial charge on any atom is 0.0846 e. The molecule has 4 rings (SSSR count). The van der Waals surface area contributed by atoms with Crippen LogP contribution in [0.2, 0.25) is 0 Å². The Kier molecular flexibility index (Phi) is 8.57. The van der Waals surface area contributed by atoms with Crippen LogP contribution in [0.3, 0.4) is 0 Å². The van der Waals surface area contributed by atoms with Crippen molar-refractivity contribution in [2.75, 3.05) is 19.6 Å². The Bertz CT molecular complexity index is 1440. The Hall–Kier alpha value is -3.17. The number of aromatic nitrogens is 4. The molecule has 0 saturated carbocycles. The van der Waals surface area contributed by atoms with Crippen LogP contribution >= 0.6 is 0 Å². The van der Waals surface area contributed by atoms with Gasteiger partial charge in [0.15, 0.2) is 0 Å². The lowest BCUT2D eigenvalue weighted by molar-refractivity contribution is 0.264. The molecule has 0 aliphatic rings.